The number of rotatable bonds is 2. The lowest BCUT2D eigenvalue weighted by Crippen LogP contribution is -2.12. The van der Waals surface area contributed by atoms with E-state index in [1.165, 1.54) is 0 Å². The maximum absolute atomic E-state index is 12.5. The molecule has 0 bridgehead atoms. The minimum absolute atomic E-state index is 0.520. The third kappa shape index (κ3) is 2.35. The zero-order chi connectivity index (χ0) is 13.4. The molecule has 8 heteroatoms. The van der Waals surface area contributed by atoms with E-state index in [-0.39, 0.29) is 0 Å². The number of aromatic carboxylic acids is 1. The van der Waals surface area contributed by atoms with Crippen LogP contribution in [0.2, 0.25) is 0 Å². The van der Waals surface area contributed by atoms with Crippen LogP contribution in [0.1, 0.15) is 21.5 Å². The van der Waals surface area contributed by atoms with E-state index in [1.807, 2.05) is 0 Å². The molecule has 0 amide bonds. The molecule has 0 aliphatic rings. The number of nitro groups is 1. The molecular weight excluding hydrogens is 243 g/mol. The van der Waals surface area contributed by atoms with Gasteiger partial charge in [-0.15, -0.1) is 0 Å². The smallest absolute Gasteiger partial charge is 0.416 e. The Balaban J connectivity index is 3.61. The molecule has 0 atom stereocenters. The van der Waals surface area contributed by atoms with E-state index >= 15 is 0 Å². The molecule has 0 unspecified atom stereocenters. The van der Waals surface area contributed by atoms with Gasteiger partial charge in [0.2, 0.25) is 0 Å². The van der Waals surface area contributed by atoms with Crippen LogP contribution >= 0.6 is 0 Å². The van der Waals surface area contributed by atoms with Crippen molar-refractivity contribution in [3.63, 3.8) is 0 Å². The first-order valence-corrected chi connectivity index (χ1v) is 4.24. The van der Waals surface area contributed by atoms with E-state index < -0.39 is 39.4 Å². The predicted molar refractivity (Wildman–Crippen MR) is 49.8 cm³/mol. The molecule has 0 fully saturated rings. The van der Waals surface area contributed by atoms with E-state index in [1.54, 1.807) is 0 Å². The molecule has 1 N–H and O–H groups in total. The van der Waals surface area contributed by atoms with Crippen molar-refractivity contribution in [2.24, 2.45) is 0 Å². The molecule has 1 rings (SSSR count). The molecule has 0 aromatic heterocycles. The van der Waals surface area contributed by atoms with E-state index in [2.05, 4.69) is 0 Å². The number of nitrogens with zero attached hydrogens (tertiary/aromatic N) is 1. The van der Waals surface area contributed by atoms with Crippen molar-refractivity contribution in [2.75, 3.05) is 0 Å². The number of carboxylic acids is 1. The highest BCUT2D eigenvalue weighted by molar-refractivity contribution is 5.93. The summed E-state index contributed by atoms with van der Waals surface area (Å²) in [5.41, 5.74) is -3.72. The molecule has 0 saturated carbocycles. The fraction of sp³-hybridized carbons (Fsp3) is 0.222. The zero-order valence-electron chi connectivity index (χ0n) is 8.41. The van der Waals surface area contributed by atoms with Crippen LogP contribution in [0.25, 0.3) is 0 Å². The van der Waals surface area contributed by atoms with Crippen LogP contribution in [0.5, 0.6) is 0 Å². The molecule has 0 aliphatic heterocycles. The van der Waals surface area contributed by atoms with Crippen LogP contribution in [-0.2, 0) is 6.18 Å². The summed E-state index contributed by atoms with van der Waals surface area (Å²) >= 11 is 0. The molecule has 5 nitrogen and oxygen atoms in total. The number of hydrogen-bond donors (Lipinski definition) is 1. The molecule has 0 spiro atoms. The maximum Gasteiger partial charge on any atom is 0.416 e. The van der Waals surface area contributed by atoms with Crippen molar-refractivity contribution in [1.82, 2.24) is 0 Å². The Morgan fingerprint density at radius 1 is 1.41 bits per heavy atom. The van der Waals surface area contributed by atoms with Crippen LogP contribution in [0, 0.1) is 17.0 Å². The number of halogens is 3. The average Bonchev–Trinajstić information content (AvgIpc) is 2.13. The quantitative estimate of drug-likeness (QED) is 0.645. The summed E-state index contributed by atoms with van der Waals surface area (Å²) < 4.78 is 37.4. The highest BCUT2D eigenvalue weighted by atomic mass is 19.4. The molecule has 92 valence electrons. The predicted octanol–water partition coefficient (Wildman–Crippen LogP) is 2.62. The third-order valence-corrected chi connectivity index (χ3v) is 2.15. The van der Waals surface area contributed by atoms with Gasteiger partial charge in [-0.3, -0.25) is 10.1 Å². The summed E-state index contributed by atoms with van der Waals surface area (Å²) in [6, 6.07) is 1.10. The minimum Gasteiger partial charge on any atom is -0.477 e. The van der Waals surface area contributed by atoms with E-state index in [0.29, 0.717) is 12.1 Å². The van der Waals surface area contributed by atoms with Crippen LogP contribution in [0.3, 0.4) is 0 Å². The second kappa shape index (κ2) is 4.04. The van der Waals surface area contributed by atoms with Gasteiger partial charge in [-0.05, 0) is 19.1 Å². The van der Waals surface area contributed by atoms with Crippen molar-refractivity contribution < 1.29 is 28.0 Å². The number of alkyl halides is 3. The molecule has 0 saturated heterocycles. The van der Waals surface area contributed by atoms with E-state index in [4.69, 9.17) is 5.11 Å². The Bertz CT molecular complexity index is 496. The van der Waals surface area contributed by atoms with Crippen molar-refractivity contribution in [1.29, 1.82) is 0 Å². The fourth-order valence-electron chi connectivity index (χ4n) is 1.42. The highest BCUT2D eigenvalue weighted by Gasteiger charge is 2.37. The summed E-state index contributed by atoms with van der Waals surface area (Å²) in [5, 5.41) is 19.2. The Kier molecular flexibility index (Phi) is 3.08. The Hall–Kier alpha value is -2.12. The number of nitro benzene ring substituents is 1. The third-order valence-electron chi connectivity index (χ3n) is 2.15. The lowest BCUT2D eigenvalue weighted by atomic mass is 10.0. The van der Waals surface area contributed by atoms with Crippen molar-refractivity contribution >= 4 is 11.7 Å². The first kappa shape index (κ1) is 12.9. The first-order chi connectivity index (χ1) is 7.66. The standard InChI is InChI=1S/C9H6F3NO4/c1-4-6(9(10,11)12)3-2-5(8(14)15)7(4)13(16)17/h2-3H,1H3,(H,14,15). The van der Waals surface area contributed by atoms with Crippen molar-refractivity contribution in [3.8, 4) is 0 Å². The SMILES string of the molecule is Cc1c(C(F)(F)F)ccc(C(=O)O)c1[N+](=O)[O-]. The van der Waals surface area contributed by atoms with Gasteiger partial charge >= 0.3 is 12.1 Å². The van der Waals surface area contributed by atoms with Crippen LogP contribution in [0.15, 0.2) is 12.1 Å². The number of hydrogen-bond acceptors (Lipinski definition) is 3. The topological polar surface area (TPSA) is 80.4 Å². The Morgan fingerprint density at radius 2 is 1.94 bits per heavy atom. The number of benzene rings is 1. The van der Waals surface area contributed by atoms with Gasteiger partial charge in [0.1, 0.15) is 5.56 Å². The van der Waals surface area contributed by atoms with Crippen LogP contribution < -0.4 is 0 Å². The summed E-state index contributed by atoms with van der Waals surface area (Å²) in [6.07, 6.45) is -4.76. The zero-order valence-corrected chi connectivity index (χ0v) is 8.41. The van der Waals surface area contributed by atoms with Crippen LogP contribution in [-0.4, -0.2) is 16.0 Å². The minimum atomic E-state index is -4.76. The normalized spacial score (nSPS) is 11.3. The molecule has 17 heavy (non-hydrogen) atoms. The summed E-state index contributed by atoms with van der Waals surface area (Å²) in [5.74, 6) is -1.64. The Labute approximate surface area is 92.6 Å². The van der Waals surface area contributed by atoms with Crippen molar-refractivity contribution in [3.05, 3.63) is 38.9 Å². The molecule has 0 radical (unpaired) electrons. The number of carbonyl (C=O) groups is 1. The van der Waals surface area contributed by atoms with Gasteiger partial charge in [-0.1, -0.05) is 0 Å². The van der Waals surface area contributed by atoms with Gasteiger partial charge in [0.25, 0.3) is 5.69 Å². The molecule has 0 aliphatic carbocycles. The summed E-state index contributed by atoms with van der Waals surface area (Å²) in [7, 11) is 0. The Morgan fingerprint density at radius 3 is 2.29 bits per heavy atom. The van der Waals surface area contributed by atoms with Gasteiger partial charge in [0.05, 0.1) is 10.5 Å². The fourth-order valence-corrected chi connectivity index (χ4v) is 1.42. The summed E-state index contributed by atoms with van der Waals surface area (Å²) in [4.78, 5) is 20.1. The van der Waals surface area contributed by atoms with Gasteiger partial charge < -0.3 is 5.11 Å². The van der Waals surface area contributed by atoms with Gasteiger partial charge in [0, 0.05) is 5.56 Å². The highest BCUT2D eigenvalue weighted by Crippen LogP contribution is 2.37. The molecule has 1 aromatic carbocycles. The second-order valence-corrected chi connectivity index (χ2v) is 3.19. The second-order valence-electron chi connectivity index (χ2n) is 3.19. The molecule has 0 heterocycles. The van der Waals surface area contributed by atoms with E-state index in [9.17, 15) is 28.1 Å². The summed E-state index contributed by atoms with van der Waals surface area (Å²) in [6.45, 7) is 0.868. The monoisotopic (exact) mass is 249 g/mol. The maximum atomic E-state index is 12.5. The average molecular weight is 249 g/mol. The molecular formula is C9H6F3NO4. The van der Waals surface area contributed by atoms with E-state index in [0.717, 1.165) is 6.92 Å². The van der Waals surface area contributed by atoms with Gasteiger partial charge in [0.15, 0.2) is 0 Å². The lowest BCUT2D eigenvalue weighted by molar-refractivity contribution is -0.386. The lowest BCUT2D eigenvalue weighted by Gasteiger charge is -2.11. The van der Waals surface area contributed by atoms with Gasteiger partial charge in [-0.2, -0.15) is 13.2 Å². The van der Waals surface area contributed by atoms with Crippen LogP contribution in [0.4, 0.5) is 18.9 Å². The molecule has 1 aromatic rings. The number of carboxylic acid groups (broad SMARTS) is 1. The largest absolute Gasteiger partial charge is 0.477 e. The van der Waals surface area contributed by atoms with Crippen molar-refractivity contribution in [2.45, 2.75) is 13.1 Å². The van der Waals surface area contributed by atoms with Gasteiger partial charge in [-0.25, -0.2) is 4.79 Å². The first-order valence-electron chi connectivity index (χ1n) is 4.24.